The van der Waals surface area contributed by atoms with Crippen LogP contribution in [0.25, 0.3) is 11.0 Å². The molecule has 0 aliphatic heterocycles. The van der Waals surface area contributed by atoms with Gasteiger partial charge in [-0.15, -0.1) is 0 Å². The van der Waals surface area contributed by atoms with Crippen molar-refractivity contribution in [3.05, 3.63) is 23.0 Å². The van der Waals surface area contributed by atoms with Crippen molar-refractivity contribution in [1.82, 2.24) is 9.55 Å². The summed E-state index contributed by atoms with van der Waals surface area (Å²) in [5.41, 5.74) is 7.48. The van der Waals surface area contributed by atoms with Gasteiger partial charge in [0, 0.05) is 17.4 Å². The van der Waals surface area contributed by atoms with Crippen LogP contribution in [0.5, 0.6) is 0 Å². The molecule has 3 rings (SSSR count). The Morgan fingerprint density at radius 1 is 1.50 bits per heavy atom. The monoisotopic (exact) mass is 313 g/mol. The van der Waals surface area contributed by atoms with Crippen molar-refractivity contribution in [2.45, 2.75) is 37.5 Å². The van der Waals surface area contributed by atoms with Crippen LogP contribution in [0.4, 0.5) is 10.3 Å². The smallest absolute Gasteiger partial charge is 0.201 e. The minimum Gasteiger partial charge on any atom is -0.369 e. The first-order chi connectivity index (χ1) is 9.61. The summed E-state index contributed by atoms with van der Waals surface area (Å²) in [5.74, 6) is 1.09. The Hall–Kier alpha value is -0.940. The third kappa shape index (κ3) is 2.27. The number of thioether (sulfide) groups is 1. The highest BCUT2D eigenvalue weighted by atomic mass is 35.5. The highest BCUT2D eigenvalue weighted by molar-refractivity contribution is 7.99. The van der Waals surface area contributed by atoms with E-state index in [0.29, 0.717) is 22.8 Å². The van der Waals surface area contributed by atoms with Crippen LogP contribution in [0.1, 0.15) is 32.2 Å². The molecular formula is C14H17ClFN3S. The van der Waals surface area contributed by atoms with Gasteiger partial charge in [-0.3, -0.25) is 0 Å². The molecule has 0 radical (unpaired) electrons. The molecule has 2 atom stereocenters. The zero-order valence-electron chi connectivity index (χ0n) is 11.3. The Balaban J connectivity index is 2.10. The van der Waals surface area contributed by atoms with E-state index in [1.165, 1.54) is 18.9 Å². The molecule has 0 amide bonds. The lowest BCUT2D eigenvalue weighted by Gasteiger charge is -2.22. The van der Waals surface area contributed by atoms with E-state index in [0.717, 1.165) is 17.7 Å². The Morgan fingerprint density at radius 3 is 3.05 bits per heavy atom. The van der Waals surface area contributed by atoms with Crippen molar-refractivity contribution < 1.29 is 4.39 Å². The van der Waals surface area contributed by atoms with E-state index >= 15 is 0 Å². The summed E-state index contributed by atoms with van der Waals surface area (Å²) in [5, 5.41) is 0.667. The molecule has 1 aromatic carbocycles. The second-order valence-electron chi connectivity index (χ2n) is 5.09. The van der Waals surface area contributed by atoms with Crippen LogP contribution in [0, 0.1) is 5.82 Å². The molecule has 0 bridgehead atoms. The number of hydrogen-bond donors (Lipinski definition) is 1. The van der Waals surface area contributed by atoms with Crippen LogP contribution < -0.4 is 5.73 Å². The lowest BCUT2D eigenvalue weighted by Crippen LogP contribution is -2.18. The van der Waals surface area contributed by atoms with Gasteiger partial charge in [-0.2, -0.15) is 11.8 Å². The number of aromatic nitrogens is 2. The van der Waals surface area contributed by atoms with Crippen LogP contribution >= 0.6 is 23.4 Å². The number of halogens is 2. The molecule has 1 aromatic heterocycles. The molecule has 1 fully saturated rings. The predicted molar refractivity (Wildman–Crippen MR) is 83.9 cm³/mol. The summed E-state index contributed by atoms with van der Waals surface area (Å²) < 4.78 is 15.6. The molecule has 1 saturated carbocycles. The molecule has 0 spiro atoms. The fourth-order valence-electron chi connectivity index (χ4n) is 3.07. The quantitative estimate of drug-likeness (QED) is 0.921. The van der Waals surface area contributed by atoms with Crippen LogP contribution in [0.2, 0.25) is 5.02 Å². The molecular weight excluding hydrogens is 297 g/mol. The van der Waals surface area contributed by atoms with Gasteiger partial charge in [0.05, 0.1) is 16.1 Å². The Labute approximate surface area is 126 Å². The fourth-order valence-corrected chi connectivity index (χ4v) is 4.47. The first-order valence-corrected chi connectivity index (χ1v) is 8.28. The van der Waals surface area contributed by atoms with Gasteiger partial charge in [0.2, 0.25) is 5.95 Å². The second kappa shape index (κ2) is 5.45. The lowest BCUT2D eigenvalue weighted by molar-refractivity contribution is 0.549. The van der Waals surface area contributed by atoms with Gasteiger partial charge in [-0.25, -0.2) is 9.37 Å². The summed E-state index contributed by atoms with van der Waals surface area (Å²) in [6.45, 7) is 2.17. The first-order valence-electron chi connectivity index (χ1n) is 6.86. The van der Waals surface area contributed by atoms with Crippen molar-refractivity contribution in [1.29, 1.82) is 0 Å². The van der Waals surface area contributed by atoms with Gasteiger partial charge in [-0.05, 0) is 24.7 Å². The largest absolute Gasteiger partial charge is 0.369 e. The summed E-state index contributed by atoms with van der Waals surface area (Å²) in [7, 11) is 0. The van der Waals surface area contributed by atoms with Crippen molar-refractivity contribution in [3.8, 4) is 0 Å². The maximum atomic E-state index is 13.5. The second-order valence-corrected chi connectivity index (χ2v) is 7.01. The fraction of sp³-hybridized carbons (Fsp3) is 0.500. The number of hydrogen-bond acceptors (Lipinski definition) is 3. The molecule has 2 aromatic rings. The lowest BCUT2D eigenvalue weighted by atomic mass is 10.2. The van der Waals surface area contributed by atoms with E-state index in [1.807, 2.05) is 16.3 Å². The van der Waals surface area contributed by atoms with Gasteiger partial charge < -0.3 is 10.3 Å². The average Bonchev–Trinajstić information content (AvgIpc) is 2.95. The Morgan fingerprint density at radius 2 is 2.30 bits per heavy atom. The molecule has 2 N–H and O–H groups in total. The number of benzene rings is 1. The van der Waals surface area contributed by atoms with Crippen LogP contribution in [0.3, 0.4) is 0 Å². The summed E-state index contributed by atoms with van der Waals surface area (Å²) >= 11 is 7.87. The number of nitrogen functional groups attached to an aromatic ring is 1. The number of nitrogens with zero attached hydrogens (tertiary/aromatic N) is 2. The highest BCUT2D eigenvalue weighted by Gasteiger charge is 2.31. The molecule has 3 nitrogen and oxygen atoms in total. The summed E-state index contributed by atoms with van der Waals surface area (Å²) in [4.78, 5) is 4.29. The minimum absolute atomic E-state index is 0.122. The van der Waals surface area contributed by atoms with E-state index in [2.05, 4.69) is 11.9 Å². The predicted octanol–water partition coefficient (Wildman–Crippen LogP) is 4.26. The van der Waals surface area contributed by atoms with Gasteiger partial charge in [0.25, 0.3) is 0 Å². The zero-order valence-corrected chi connectivity index (χ0v) is 12.8. The summed E-state index contributed by atoms with van der Waals surface area (Å²) in [6.07, 6.45) is 3.47. The van der Waals surface area contributed by atoms with Crippen molar-refractivity contribution >= 4 is 40.3 Å². The number of anilines is 1. The van der Waals surface area contributed by atoms with Crippen molar-refractivity contribution in [2.75, 3.05) is 11.5 Å². The maximum absolute atomic E-state index is 13.5. The van der Waals surface area contributed by atoms with E-state index in [9.17, 15) is 4.39 Å². The number of nitrogens with two attached hydrogens (primary N) is 1. The minimum atomic E-state index is -0.449. The van der Waals surface area contributed by atoms with Gasteiger partial charge in [0.1, 0.15) is 5.82 Å². The zero-order chi connectivity index (χ0) is 14.3. The number of imidazole rings is 1. The van der Waals surface area contributed by atoms with Crippen molar-refractivity contribution in [3.63, 3.8) is 0 Å². The molecule has 1 aliphatic rings. The van der Waals surface area contributed by atoms with E-state index in [1.54, 1.807) is 6.07 Å². The van der Waals surface area contributed by atoms with Crippen molar-refractivity contribution in [2.24, 2.45) is 0 Å². The topological polar surface area (TPSA) is 43.8 Å². The normalized spacial score (nSPS) is 22.8. The van der Waals surface area contributed by atoms with E-state index in [4.69, 9.17) is 17.3 Å². The molecule has 6 heteroatoms. The van der Waals surface area contributed by atoms with E-state index < -0.39 is 5.82 Å². The molecule has 2 unspecified atom stereocenters. The van der Waals surface area contributed by atoms with Crippen LogP contribution in [-0.4, -0.2) is 20.6 Å². The van der Waals surface area contributed by atoms with Crippen LogP contribution in [-0.2, 0) is 0 Å². The standard InChI is InChI=1S/C14H17ClFN3S/c1-2-20-13-5-3-4-11(13)19-12-6-8(15)9(16)7-10(12)18-14(19)17/h6-7,11,13H,2-5H2,1H3,(H2,17,18). The SMILES string of the molecule is CCSC1CCCC1n1c(N)nc2cc(F)c(Cl)cc21. The highest BCUT2D eigenvalue weighted by Crippen LogP contribution is 2.41. The Bertz CT molecular complexity index is 643. The van der Waals surface area contributed by atoms with Crippen LogP contribution in [0.15, 0.2) is 12.1 Å². The molecule has 20 heavy (non-hydrogen) atoms. The van der Waals surface area contributed by atoms with Gasteiger partial charge in [0.15, 0.2) is 0 Å². The third-order valence-electron chi connectivity index (χ3n) is 3.89. The summed E-state index contributed by atoms with van der Waals surface area (Å²) in [6, 6.07) is 3.33. The first kappa shape index (κ1) is 14.0. The molecule has 0 saturated heterocycles. The van der Waals surface area contributed by atoms with Gasteiger partial charge in [-0.1, -0.05) is 24.9 Å². The number of rotatable bonds is 3. The molecule has 1 aliphatic carbocycles. The molecule has 1 heterocycles. The average molecular weight is 314 g/mol. The molecule has 108 valence electrons. The van der Waals surface area contributed by atoms with Gasteiger partial charge >= 0.3 is 0 Å². The Kier molecular flexibility index (Phi) is 3.82. The number of fused-ring (bicyclic) bond motifs is 1. The van der Waals surface area contributed by atoms with E-state index in [-0.39, 0.29) is 5.02 Å². The third-order valence-corrected chi connectivity index (χ3v) is 5.49. The maximum Gasteiger partial charge on any atom is 0.201 e.